The molecule has 0 aliphatic carbocycles. The molecule has 1 amide bonds. The van der Waals surface area contributed by atoms with Crippen molar-refractivity contribution in [3.05, 3.63) is 52.4 Å². The van der Waals surface area contributed by atoms with Crippen molar-refractivity contribution in [2.24, 2.45) is 0 Å². The third-order valence-electron chi connectivity index (χ3n) is 5.35. The van der Waals surface area contributed by atoms with Gasteiger partial charge in [-0.2, -0.15) is 0 Å². The monoisotopic (exact) mass is 370 g/mol. The lowest BCUT2D eigenvalue weighted by Crippen LogP contribution is -2.45. The molecule has 0 atom stereocenters. The summed E-state index contributed by atoms with van der Waals surface area (Å²) in [5.74, 6) is 0.703. The van der Waals surface area contributed by atoms with Crippen LogP contribution in [0.15, 0.2) is 28.8 Å². The molecular formula is C21H30N4O2. The summed E-state index contributed by atoms with van der Waals surface area (Å²) in [6.45, 7) is 13.2. The van der Waals surface area contributed by atoms with E-state index >= 15 is 0 Å². The molecule has 2 heterocycles. The summed E-state index contributed by atoms with van der Waals surface area (Å²) in [7, 11) is 0. The average Bonchev–Trinajstić information content (AvgIpc) is 3.00. The quantitative estimate of drug-likeness (QED) is 0.810. The van der Waals surface area contributed by atoms with E-state index in [9.17, 15) is 4.79 Å². The van der Waals surface area contributed by atoms with Crippen LogP contribution in [0.2, 0.25) is 0 Å². The molecule has 3 rings (SSSR count). The fourth-order valence-corrected chi connectivity index (χ4v) is 3.46. The van der Waals surface area contributed by atoms with Gasteiger partial charge >= 0.3 is 0 Å². The summed E-state index contributed by atoms with van der Waals surface area (Å²) >= 11 is 0. The number of likely N-dealkylation sites (N-methyl/N-ethyl adjacent to an activating group) is 1. The minimum Gasteiger partial charge on any atom is -0.361 e. The van der Waals surface area contributed by atoms with Gasteiger partial charge in [0, 0.05) is 44.8 Å². The molecule has 1 fully saturated rings. The normalized spacial score (nSPS) is 15.8. The summed E-state index contributed by atoms with van der Waals surface area (Å²) < 4.78 is 5.11. The highest BCUT2D eigenvalue weighted by Gasteiger charge is 2.15. The van der Waals surface area contributed by atoms with Gasteiger partial charge in [0.25, 0.3) is 0 Å². The van der Waals surface area contributed by atoms with E-state index in [1.807, 2.05) is 13.8 Å². The Bertz CT molecular complexity index is 727. The van der Waals surface area contributed by atoms with Crippen molar-refractivity contribution in [1.29, 1.82) is 0 Å². The molecule has 1 aromatic carbocycles. The summed E-state index contributed by atoms with van der Waals surface area (Å²) in [6, 6.07) is 8.55. The number of amides is 1. The van der Waals surface area contributed by atoms with Gasteiger partial charge < -0.3 is 14.7 Å². The van der Waals surface area contributed by atoms with Gasteiger partial charge in [-0.1, -0.05) is 36.3 Å². The van der Waals surface area contributed by atoms with Crippen LogP contribution in [-0.2, 0) is 24.3 Å². The van der Waals surface area contributed by atoms with Gasteiger partial charge in [-0.15, -0.1) is 0 Å². The molecule has 6 nitrogen and oxygen atoms in total. The minimum atomic E-state index is -0.0118. The molecular weight excluding hydrogens is 340 g/mol. The highest BCUT2D eigenvalue weighted by atomic mass is 16.5. The lowest BCUT2D eigenvalue weighted by molar-refractivity contribution is -0.120. The third-order valence-corrected chi connectivity index (χ3v) is 5.35. The molecule has 1 N–H and O–H groups in total. The number of carbonyl (C=O) groups is 1. The number of aromatic nitrogens is 1. The highest BCUT2D eigenvalue weighted by molar-refractivity contribution is 5.78. The maximum atomic E-state index is 12.2. The van der Waals surface area contributed by atoms with E-state index in [1.54, 1.807) is 0 Å². The predicted octanol–water partition coefficient (Wildman–Crippen LogP) is 2.29. The number of benzene rings is 1. The molecule has 0 saturated carbocycles. The van der Waals surface area contributed by atoms with E-state index in [0.29, 0.717) is 18.7 Å². The lowest BCUT2D eigenvalue weighted by Gasteiger charge is -2.34. The Hall–Kier alpha value is -2.18. The second-order valence-electron chi connectivity index (χ2n) is 7.28. The van der Waals surface area contributed by atoms with Gasteiger partial charge in [0.1, 0.15) is 5.76 Å². The van der Waals surface area contributed by atoms with E-state index in [0.717, 1.165) is 56.1 Å². The molecule has 146 valence electrons. The van der Waals surface area contributed by atoms with Crippen LogP contribution in [0.3, 0.4) is 0 Å². The first-order valence-corrected chi connectivity index (χ1v) is 9.76. The number of rotatable bonds is 7. The Balaban J connectivity index is 1.44. The number of piperazine rings is 1. The van der Waals surface area contributed by atoms with E-state index in [1.165, 1.54) is 5.56 Å². The summed E-state index contributed by atoms with van der Waals surface area (Å²) in [6.07, 6.45) is 0.309. The Morgan fingerprint density at radius 1 is 1.07 bits per heavy atom. The van der Waals surface area contributed by atoms with Crippen LogP contribution in [0.25, 0.3) is 0 Å². The van der Waals surface area contributed by atoms with Crippen molar-refractivity contribution in [1.82, 2.24) is 20.3 Å². The summed E-state index contributed by atoms with van der Waals surface area (Å²) in [5, 5.41) is 6.87. The van der Waals surface area contributed by atoms with Crippen LogP contribution < -0.4 is 5.32 Å². The van der Waals surface area contributed by atoms with Crippen molar-refractivity contribution in [3.8, 4) is 0 Å². The second-order valence-corrected chi connectivity index (χ2v) is 7.28. The SMILES string of the molecule is CCN1CCN(Cc2ccc(CNC(=O)Cc3c(C)noc3C)cc2)CC1. The standard InChI is InChI=1S/C21H30N4O2/c1-4-24-9-11-25(12-10-24)15-19-7-5-18(6-8-19)14-22-21(26)13-20-16(2)23-27-17(20)3/h5-8H,4,9-15H2,1-3H3,(H,22,26). The van der Waals surface area contributed by atoms with Crippen LogP contribution >= 0.6 is 0 Å². The number of aryl methyl sites for hydroxylation is 2. The topological polar surface area (TPSA) is 61.6 Å². The molecule has 1 saturated heterocycles. The zero-order valence-corrected chi connectivity index (χ0v) is 16.6. The molecule has 0 unspecified atom stereocenters. The van der Waals surface area contributed by atoms with Gasteiger partial charge in [0.15, 0.2) is 0 Å². The van der Waals surface area contributed by atoms with Gasteiger partial charge in [-0.05, 0) is 31.5 Å². The smallest absolute Gasteiger partial charge is 0.224 e. The molecule has 1 aromatic heterocycles. The zero-order chi connectivity index (χ0) is 19.2. The number of nitrogens with zero attached hydrogens (tertiary/aromatic N) is 3. The maximum Gasteiger partial charge on any atom is 0.224 e. The van der Waals surface area contributed by atoms with Crippen molar-refractivity contribution in [2.75, 3.05) is 32.7 Å². The predicted molar refractivity (Wildman–Crippen MR) is 105 cm³/mol. The molecule has 0 spiro atoms. The van der Waals surface area contributed by atoms with Crippen molar-refractivity contribution in [2.45, 2.75) is 40.3 Å². The van der Waals surface area contributed by atoms with Crippen LogP contribution in [0.5, 0.6) is 0 Å². The molecule has 6 heteroatoms. The van der Waals surface area contributed by atoms with Crippen molar-refractivity contribution >= 4 is 5.91 Å². The van der Waals surface area contributed by atoms with E-state index in [4.69, 9.17) is 4.52 Å². The van der Waals surface area contributed by atoms with Crippen LogP contribution in [0.4, 0.5) is 0 Å². The van der Waals surface area contributed by atoms with Crippen molar-refractivity contribution < 1.29 is 9.32 Å². The molecule has 1 aliphatic rings. The zero-order valence-electron chi connectivity index (χ0n) is 16.6. The first-order valence-electron chi connectivity index (χ1n) is 9.76. The molecule has 0 bridgehead atoms. The van der Waals surface area contributed by atoms with Crippen LogP contribution in [-0.4, -0.2) is 53.6 Å². The molecule has 2 aromatic rings. The Morgan fingerprint density at radius 2 is 1.70 bits per heavy atom. The number of nitrogens with one attached hydrogen (secondary N) is 1. The minimum absolute atomic E-state index is 0.0118. The first kappa shape index (κ1) is 19.6. The molecule has 0 radical (unpaired) electrons. The summed E-state index contributed by atoms with van der Waals surface area (Å²) in [5.41, 5.74) is 4.10. The Labute approximate surface area is 161 Å². The number of carbonyl (C=O) groups excluding carboxylic acids is 1. The van der Waals surface area contributed by atoms with Gasteiger partial charge in [-0.3, -0.25) is 9.69 Å². The Morgan fingerprint density at radius 3 is 2.30 bits per heavy atom. The number of hydrogen-bond acceptors (Lipinski definition) is 5. The molecule has 1 aliphatic heterocycles. The fourth-order valence-electron chi connectivity index (χ4n) is 3.46. The Kier molecular flexibility index (Phi) is 6.63. The fraction of sp³-hybridized carbons (Fsp3) is 0.524. The van der Waals surface area contributed by atoms with Gasteiger partial charge in [-0.25, -0.2) is 0 Å². The first-order chi connectivity index (χ1) is 13.0. The van der Waals surface area contributed by atoms with Crippen molar-refractivity contribution in [3.63, 3.8) is 0 Å². The second kappa shape index (κ2) is 9.15. The average molecular weight is 370 g/mol. The molecule has 27 heavy (non-hydrogen) atoms. The van der Waals surface area contributed by atoms with Gasteiger partial charge in [0.2, 0.25) is 5.91 Å². The van der Waals surface area contributed by atoms with E-state index < -0.39 is 0 Å². The van der Waals surface area contributed by atoms with E-state index in [-0.39, 0.29) is 5.91 Å². The maximum absolute atomic E-state index is 12.2. The largest absolute Gasteiger partial charge is 0.361 e. The highest BCUT2D eigenvalue weighted by Crippen LogP contribution is 2.13. The van der Waals surface area contributed by atoms with Crippen LogP contribution in [0, 0.1) is 13.8 Å². The van der Waals surface area contributed by atoms with E-state index in [2.05, 4.69) is 51.5 Å². The summed E-state index contributed by atoms with van der Waals surface area (Å²) in [4.78, 5) is 17.2. The lowest BCUT2D eigenvalue weighted by atomic mass is 10.1. The number of hydrogen-bond donors (Lipinski definition) is 1. The van der Waals surface area contributed by atoms with Crippen LogP contribution in [0.1, 0.15) is 35.1 Å². The third kappa shape index (κ3) is 5.40. The van der Waals surface area contributed by atoms with Gasteiger partial charge in [0.05, 0.1) is 12.1 Å².